The maximum atomic E-state index is 13.3. The van der Waals surface area contributed by atoms with Gasteiger partial charge in [0.15, 0.2) is 5.78 Å². The zero-order valence-electron chi connectivity index (χ0n) is 24.0. The van der Waals surface area contributed by atoms with Crippen molar-refractivity contribution in [1.82, 2.24) is 15.3 Å². The maximum Gasteiger partial charge on any atom is 0.418 e. The van der Waals surface area contributed by atoms with E-state index in [1.807, 2.05) is 39.8 Å². The first-order chi connectivity index (χ1) is 19.7. The lowest BCUT2D eigenvalue weighted by Crippen LogP contribution is -2.47. The number of Topliss-reactive ketones (excluding diaryl/α,β-unsaturated/α-hetero) is 1. The number of urea groups is 1. The molecule has 2 aliphatic heterocycles. The van der Waals surface area contributed by atoms with E-state index < -0.39 is 40.6 Å². The molecule has 2 saturated heterocycles. The van der Waals surface area contributed by atoms with Gasteiger partial charge < -0.3 is 15.0 Å². The second kappa shape index (κ2) is 12.6. The van der Waals surface area contributed by atoms with E-state index >= 15 is 0 Å². The number of nitrogens with zero attached hydrogens (tertiary/aromatic N) is 2. The number of esters is 1. The van der Waals surface area contributed by atoms with Crippen LogP contribution in [0.5, 0.6) is 0 Å². The number of ether oxygens (including phenoxy) is 1. The van der Waals surface area contributed by atoms with Crippen LogP contribution in [0.4, 0.5) is 4.79 Å². The van der Waals surface area contributed by atoms with Crippen molar-refractivity contribution >= 4 is 34.1 Å². The summed E-state index contributed by atoms with van der Waals surface area (Å²) in [6, 6.07) is 8.12. The molecule has 3 atom stereocenters. The van der Waals surface area contributed by atoms with Crippen molar-refractivity contribution in [3.05, 3.63) is 69.8 Å². The summed E-state index contributed by atoms with van der Waals surface area (Å²) >= 11 is 0. The van der Waals surface area contributed by atoms with Crippen molar-refractivity contribution < 1.29 is 41.2 Å². The van der Waals surface area contributed by atoms with Gasteiger partial charge in [0.25, 0.3) is 5.91 Å². The lowest BCUT2D eigenvalue weighted by Gasteiger charge is -2.30. The number of benzene rings is 2. The summed E-state index contributed by atoms with van der Waals surface area (Å²) in [7, 11) is -4.93. The van der Waals surface area contributed by atoms with Gasteiger partial charge in [0.1, 0.15) is 12.1 Å². The van der Waals surface area contributed by atoms with Crippen molar-refractivity contribution in [2.45, 2.75) is 71.6 Å². The Morgan fingerprint density at radius 1 is 0.976 bits per heavy atom. The molecule has 2 N–H and O–H groups in total. The Bertz CT molecular complexity index is 1440. The third-order valence-corrected chi connectivity index (χ3v) is 8.18. The SMILES string of the molecule is Cc1ccc(C(=O)CCC(CNC(=O)c2ccc(C)c(C)c2)OC(=O)[C@@H]2CC[C@@H]3CN2C(=O)N3OS(=O)(=O)O)cc1C. The lowest BCUT2D eigenvalue weighted by molar-refractivity contribution is -0.155. The van der Waals surface area contributed by atoms with Gasteiger partial charge in [-0.05, 0) is 87.4 Å². The lowest BCUT2D eigenvalue weighted by atomic mass is 9.99. The molecular formula is C29H35N3O9S. The normalized spacial score (nSPS) is 19.0. The van der Waals surface area contributed by atoms with Gasteiger partial charge in [0.2, 0.25) is 0 Å². The second-order valence-corrected chi connectivity index (χ2v) is 11.8. The van der Waals surface area contributed by atoms with Gasteiger partial charge in [0.05, 0.1) is 12.6 Å². The van der Waals surface area contributed by atoms with Crippen molar-refractivity contribution in [2.24, 2.45) is 0 Å². The molecule has 0 radical (unpaired) electrons. The standard InChI is InChI=1S/C29H35N3O9S/c1-17-5-7-21(13-19(17)3)26(33)12-10-24(15-30-27(34)22-8-6-18(2)20(4)14-22)40-28(35)25-11-9-23-16-31(25)29(36)32(23)41-42(37,38)39/h5-8,13-14,23-25H,9-12,15-16H2,1-4H3,(H,30,34)(H,37,38,39)/t23-,24?,25+/m1/s1. The molecule has 2 bridgehead atoms. The first-order valence-corrected chi connectivity index (χ1v) is 15.0. The number of nitrogens with one attached hydrogen (secondary N) is 1. The third-order valence-electron chi connectivity index (χ3n) is 7.83. The fraction of sp³-hybridized carbons (Fsp3) is 0.448. The number of amides is 3. The molecule has 1 unspecified atom stereocenters. The third kappa shape index (κ3) is 7.33. The van der Waals surface area contributed by atoms with Crippen LogP contribution < -0.4 is 5.32 Å². The minimum absolute atomic E-state index is 0.00750. The molecule has 2 heterocycles. The predicted molar refractivity (Wildman–Crippen MR) is 151 cm³/mol. The topological polar surface area (TPSA) is 160 Å². The highest BCUT2D eigenvalue weighted by atomic mass is 32.3. The molecule has 0 saturated carbocycles. The predicted octanol–water partition coefficient (Wildman–Crippen LogP) is 3.23. The largest absolute Gasteiger partial charge is 0.459 e. The highest BCUT2D eigenvalue weighted by Gasteiger charge is 2.50. The Hall–Kier alpha value is -3.81. The Kier molecular flexibility index (Phi) is 9.34. The highest BCUT2D eigenvalue weighted by Crippen LogP contribution is 2.31. The number of fused-ring (bicyclic) bond motifs is 2. The number of ketones is 1. The van der Waals surface area contributed by atoms with E-state index in [0.717, 1.165) is 27.2 Å². The molecule has 12 nitrogen and oxygen atoms in total. The Balaban J connectivity index is 1.45. The molecule has 0 spiro atoms. The van der Waals surface area contributed by atoms with Crippen LogP contribution in [0, 0.1) is 27.7 Å². The summed E-state index contributed by atoms with van der Waals surface area (Å²) in [6.07, 6.45) is -0.317. The zero-order chi connectivity index (χ0) is 30.8. The average Bonchev–Trinajstić information content (AvgIpc) is 3.16. The van der Waals surface area contributed by atoms with E-state index in [4.69, 9.17) is 9.29 Å². The molecule has 2 aromatic carbocycles. The molecule has 4 rings (SSSR count). The molecule has 2 aromatic rings. The Labute approximate surface area is 244 Å². The molecule has 2 aliphatic rings. The number of carbonyl (C=O) groups excluding carboxylic acids is 4. The van der Waals surface area contributed by atoms with Gasteiger partial charge in [-0.25, -0.2) is 9.59 Å². The summed E-state index contributed by atoms with van der Waals surface area (Å²) in [5.41, 5.74) is 4.98. The van der Waals surface area contributed by atoms with E-state index in [0.29, 0.717) is 16.2 Å². The number of hydrogen-bond acceptors (Lipinski definition) is 8. The number of carbonyl (C=O) groups is 4. The average molecular weight is 602 g/mol. The fourth-order valence-electron chi connectivity index (χ4n) is 5.06. The minimum atomic E-state index is -4.93. The second-order valence-electron chi connectivity index (χ2n) is 10.8. The molecule has 2 fully saturated rings. The number of hydrogen-bond donors (Lipinski definition) is 2. The van der Waals surface area contributed by atoms with Crippen molar-refractivity contribution in [2.75, 3.05) is 13.1 Å². The van der Waals surface area contributed by atoms with Gasteiger partial charge in [-0.3, -0.25) is 14.1 Å². The summed E-state index contributed by atoms with van der Waals surface area (Å²) in [5.74, 6) is -1.26. The first-order valence-electron chi connectivity index (χ1n) is 13.7. The van der Waals surface area contributed by atoms with Crippen LogP contribution in [0.2, 0.25) is 0 Å². The van der Waals surface area contributed by atoms with Crippen LogP contribution in [0.15, 0.2) is 36.4 Å². The fourth-order valence-corrected chi connectivity index (χ4v) is 5.45. The van der Waals surface area contributed by atoms with Crippen LogP contribution in [-0.4, -0.2) is 77.9 Å². The van der Waals surface area contributed by atoms with E-state index in [1.54, 1.807) is 24.3 Å². The molecule has 226 valence electrons. The molecule has 42 heavy (non-hydrogen) atoms. The molecule has 3 amide bonds. The van der Waals surface area contributed by atoms with Crippen LogP contribution in [0.25, 0.3) is 0 Å². The van der Waals surface area contributed by atoms with Crippen molar-refractivity contribution in [1.29, 1.82) is 0 Å². The first kappa shape index (κ1) is 31.1. The minimum Gasteiger partial charge on any atom is -0.459 e. The number of hydroxylamine groups is 2. The van der Waals surface area contributed by atoms with Gasteiger partial charge in [-0.1, -0.05) is 18.2 Å². The van der Waals surface area contributed by atoms with Gasteiger partial charge in [-0.2, -0.15) is 13.5 Å². The zero-order valence-corrected chi connectivity index (χ0v) is 24.8. The Morgan fingerprint density at radius 2 is 1.60 bits per heavy atom. The number of piperidine rings is 1. The van der Waals surface area contributed by atoms with E-state index in [2.05, 4.69) is 9.60 Å². The highest BCUT2D eigenvalue weighted by molar-refractivity contribution is 7.80. The van der Waals surface area contributed by atoms with Crippen LogP contribution in [0.3, 0.4) is 0 Å². The molecular weight excluding hydrogens is 566 g/mol. The number of rotatable bonds is 11. The Morgan fingerprint density at radius 3 is 2.21 bits per heavy atom. The van der Waals surface area contributed by atoms with Crippen molar-refractivity contribution in [3.63, 3.8) is 0 Å². The molecule has 0 aromatic heterocycles. The van der Waals surface area contributed by atoms with Gasteiger partial charge in [-0.15, -0.1) is 4.28 Å². The summed E-state index contributed by atoms with van der Waals surface area (Å²) in [5, 5.41) is 3.33. The molecule has 0 aliphatic carbocycles. The van der Waals surface area contributed by atoms with Crippen LogP contribution in [0.1, 0.15) is 68.7 Å². The van der Waals surface area contributed by atoms with Gasteiger partial charge in [0, 0.05) is 24.1 Å². The summed E-state index contributed by atoms with van der Waals surface area (Å²) in [4.78, 5) is 53.0. The number of aryl methyl sites for hydroxylation is 4. The van der Waals surface area contributed by atoms with E-state index in [9.17, 15) is 27.6 Å². The summed E-state index contributed by atoms with van der Waals surface area (Å²) < 4.78 is 41.5. The molecule has 13 heteroatoms. The van der Waals surface area contributed by atoms with Gasteiger partial charge >= 0.3 is 22.4 Å². The van der Waals surface area contributed by atoms with Crippen LogP contribution in [-0.2, 0) is 24.2 Å². The summed E-state index contributed by atoms with van der Waals surface area (Å²) in [6.45, 7) is 7.63. The smallest absolute Gasteiger partial charge is 0.418 e. The van der Waals surface area contributed by atoms with E-state index in [-0.39, 0.29) is 50.5 Å². The maximum absolute atomic E-state index is 13.3. The van der Waals surface area contributed by atoms with E-state index in [1.165, 1.54) is 0 Å². The monoisotopic (exact) mass is 601 g/mol. The quantitative estimate of drug-likeness (QED) is 0.224. The van der Waals surface area contributed by atoms with Crippen molar-refractivity contribution in [3.8, 4) is 0 Å². The van der Waals surface area contributed by atoms with Crippen LogP contribution >= 0.6 is 0 Å².